The molecule has 2 rings (SSSR count). The van der Waals surface area contributed by atoms with Crippen LogP contribution in [0.4, 0.5) is 5.82 Å². The van der Waals surface area contributed by atoms with Crippen molar-refractivity contribution < 1.29 is 9.72 Å². The van der Waals surface area contributed by atoms with Crippen molar-refractivity contribution in [1.82, 2.24) is 14.9 Å². The van der Waals surface area contributed by atoms with Crippen LogP contribution in [0.15, 0.2) is 23.7 Å². The maximum absolute atomic E-state index is 12.2. The molecule has 0 bridgehead atoms. The number of nitrogens with one attached hydrogen (secondary N) is 1. The van der Waals surface area contributed by atoms with Crippen molar-refractivity contribution in [3.8, 4) is 0 Å². The Morgan fingerprint density at radius 1 is 1.55 bits per heavy atom. The van der Waals surface area contributed by atoms with Crippen molar-refractivity contribution in [3.05, 3.63) is 44.5 Å². The van der Waals surface area contributed by atoms with Crippen LogP contribution in [0.5, 0.6) is 0 Å². The van der Waals surface area contributed by atoms with E-state index >= 15 is 0 Å². The Morgan fingerprint density at radius 3 is 2.77 bits per heavy atom. The summed E-state index contributed by atoms with van der Waals surface area (Å²) >= 11 is 1.60. The van der Waals surface area contributed by atoms with Crippen LogP contribution in [0.3, 0.4) is 0 Å². The monoisotopic (exact) mass is 322 g/mol. The highest BCUT2D eigenvalue weighted by atomic mass is 32.1. The van der Waals surface area contributed by atoms with Gasteiger partial charge in [0.1, 0.15) is 12.7 Å². The molecule has 1 atom stereocenters. The summed E-state index contributed by atoms with van der Waals surface area (Å²) in [4.78, 5) is 27.3. The van der Waals surface area contributed by atoms with Crippen LogP contribution in [-0.4, -0.2) is 20.4 Å². The number of amides is 1. The van der Waals surface area contributed by atoms with E-state index in [2.05, 4.69) is 10.3 Å². The largest absolute Gasteiger partial charge is 0.381 e. The molecule has 0 aliphatic rings. The molecule has 2 heterocycles. The molecule has 7 nitrogen and oxygen atoms in total. The number of hydrogen-bond donors (Lipinski definition) is 1. The second-order valence-electron chi connectivity index (χ2n) is 5.34. The van der Waals surface area contributed by atoms with Gasteiger partial charge in [-0.2, -0.15) is 0 Å². The van der Waals surface area contributed by atoms with Crippen molar-refractivity contribution in [3.63, 3.8) is 0 Å². The van der Waals surface area contributed by atoms with E-state index in [4.69, 9.17) is 0 Å². The Bertz CT molecular complexity index is 664. The molecule has 118 valence electrons. The Kier molecular flexibility index (Phi) is 4.92. The van der Waals surface area contributed by atoms with Crippen LogP contribution >= 0.6 is 11.3 Å². The number of aromatic nitrogens is 2. The van der Waals surface area contributed by atoms with Gasteiger partial charge in [-0.3, -0.25) is 9.36 Å². The Balaban J connectivity index is 2.07. The smallest absolute Gasteiger partial charge is 0.358 e. The first kappa shape index (κ1) is 16.2. The van der Waals surface area contributed by atoms with Gasteiger partial charge in [0.25, 0.3) is 0 Å². The van der Waals surface area contributed by atoms with Crippen LogP contribution in [0.25, 0.3) is 0 Å². The summed E-state index contributed by atoms with van der Waals surface area (Å²) in [6.45, 7) is 5.73. The summed E-state index contributed by atoms with van der Waals surface area (Å²) in [7, 11) is 0. The average Bonchev–Trinajstić information content (AvgIpc) is 3.06. The number of imidazole rings is 1. The zero-order valence-electron chi connectivity index (χ0n) is 12.6. The first-order chi connectivity index (χ1) is 10.4. The second-order valence-corrected chi connectivity index (χ2v) is 6.32. The first-order valence-corrected chi connectivity index (χ1v) is 7.77. The number of nitro groups is 1. The van der Waals surface area contributed by atoms with Crippen LogP contribution < -0.4 is 5.32 Å². The minimum atomic E-state index is -0.566. The summed E-state index contributed by atoms with van der Waals surface area (Å²) in [6.07, 6.45) is 1.28. The van der Waals surface area contributed by atoms with Gasteiger partial charge in [-0.1, -0.05) is 19.9 Å². The molecule has 8 heteroatoms. The molecule has 2 aromatic heterocycles. The molecule has 0 fully saturated rings. The van der Waals surface area contributed by atoms with E-state index < -0.39 is 4.92 Å². The predicted octanol–water partition coefficient (Wildman–Crippen LogP) is 2.67. The molecular weight excluding hydrogens is 304 g/mol. The van der Waals surface area contributed by atoms with E-state index in [1.807, 2.05) is 31.4 Å². The number of carbonyl (C=O) groups is 1. The van der Waals surface area contributed by atoms with E-state index in [1.54, 1.807) is 18.3 Å². The minimum Gasteiger partial charge on any atom is -0.358 e. The third-order valence-corrected chi connectivity index (χ3v) is 4.25. The molecule has 0 aromatic carbocycles. The molecule has 0 radical (unpaired) electrons. The lowest BCUT2D eigenvalue weighted by molar-refractivity contribution is -0.389. The summed E-state index contributed by atoms with van der Waals surface area (Å²) in [5, 5.41) is 15.7. The topological polar surface area (TPSA) is 90.1 Å². The van der Waals surface area contributed by atoms with Gasteiger partial charge in [0.2, 0.25) is 11.7 Å². The summed E-state index contributed by atoms with van der Waals surface area (Å²) in [5.41, 5.74) is 0. The van der Waals surface area contributed by atoms with Crippen molar-refractivity contribution in [2.45, 2.75) is 33.4 Å². The third kappa shape index (κ3) is 3.70. The number of rotatable bonds is 6. The lowest BCUT2D eigenvalue weighted by atomic mass is 10.0. The zero-order valence-corrected chi connectivity index (χ0v) is 13.5. The average molecular weight is 322 g/mol. The normalized spacial score (nSPS) is 12.4. The van der Waals surface area contributed by atoms with Gasteiger partial charge in [0.05, 0.1) is 6.04 Å². The Morgan fingerprint density at radius 2 is 2.27 bits per heavy atom. The summed E-state index contributed by atoms with van der Waals surface area (Å²) in [6, 6.07) is 3.87. The van der Waals surface area contributed by atoms with Gasteiger partial charge in [-0.05, 0) is 27.3 Å². The molecule has 2 aromatic rings. The van der Waals surface area contributed by atoms with Gasteiger partial charge in [-0.25, -0.2) is 0 Å². The summed E-state index contributed by atoms with van der Waals surface area (Å²) in [5.74, 6) is 0.256. The van der Waals surface area contributed by atoms with Crippen LogP contribution in [-0.2, 0) is 11.3 Å². The third-order valence-electron chi connectivity index (χ3n) is 3.30. The number of thiophene rings is 1. The van der Waals surface area contributed by atoms with E-state index in [9.17, 15) is 14.9 Å². The molecular formula is C14H18N4O3S. The van der Waals surface area contributed by atoms with Crippen LogP contribution in [0.1, 0.15) is 30.6 Å². The highest BCUT2D eigenvalue weighted by molar-refractivity contribution is 7.10. The molecule has 1 unspecified atom stereocenters. The van der Waals surface area contributed by atoms with Gasteiger partial charge >= 0.3 is 5.82 Å². The van der Waals surface area contributed by atoms with Crippen molar-refractivity contribution >= 4 is 23.1 Å². The molecule has 0 aliphatic heterocycles. The minimum absolute atomic E-state index is 0.0151. The predicted molar refractivity (Wildman–Crippen MR) is 83.7 cm³/mol. The highest BCUT2D eigenvalue weighted by Crippen LogP contribution is 2.25. The van der Waals surface area contributed by atoms with Gasteiger partial charge in [0.15, 0.2) is 0 Å². The highest BCUT2D eigenvalue weighted by Gasteiger charge is 2.21. The fourth-order valence-electron chi connectivity index (χ4n) is 2.15. The maximum atomic E-state index is 12.2. The summed E-state index contributed by atoms with van der Waals surface area (Å²) < 4.78 is 1.49. The zero-order chi connectivity index (χ0) is 16.3. The van der Waals surface area contributed by atoms with Gasteiger partial charge < -0.3 is 15.4 Å². The van der Waals surface area contributed by atoms with Crippen molar-refractivity contribution in [2.24, 2.45) is 5.92 Å². The maximum Gasteiger partial charge on any atom is 0.381 e. The van der Waals surface area contributed by atoms with Crippen LogP contribution in [0.2, 0.25) is 0 Å². The molecule has 0 saturated carbocycles. The lowest BCUT2D eigenvalue weighted by Gasteiger charge is -2.21. The molecule has 1 amide bonds. The second kappa shape index (κ2) is 6.69. The lowest BCUT2D eigenvalue weighted by Crippen LogP contribution is -2.33. The van der Waals surface area contributed by atoms with E-state index in [-0.39, 0.29) is 30.2 Å². The standard InChI is InChI=1S/C14H18N4O3S/c1-9(2)14(11-5-4-6-22-11)16-13(19)8-17-7-12(18(20)21)15-10(17)3/h4-7,9,14H,8H2,1-3H3,(H,16,19). The fraction of sp³-hybridized carbons (Fsp3) is 0.429. The Hall–Kier alpha value is -2.22. The number of carbonyl (C=O) groups excluding carboxylic acids is 1. The molecule has 0 spiro atoms. The van der Waals surface area contributed by atoms with E-state index in [0.29, 0.717) is 5.82 Å². The molecule has 1 N–H and O–H groups in total. The van der Waals surface area contributed by atoms with Crippen molar-refractivity contribution in [1.29, 1.82) is 0 Å². The quantitative estimate of drug-likeness (QED) is 0.654. The van der Waals surface area contributed by atoms with E-state index in [1.165, 1.54) is 10.8 Å². The molecule has 22 heavy (non-hydrogen) atoms. The number of nitrogens with zero attached hydrogens (tertiary/aromatic N) is 3. The van der Waals surface area contributed by atoms with Gasteiger partial charge in [0, 0.05) is 11.8 Å². The van der Waals surface area contributed by atoms with E-state index in [0.717, 1.165) is 4.88 Å². The molecule has 0 aliphatic carbocycles. The number of hydrogen-bond acceptors (Lipinski definition) is 5. The SMILES string of the molecule is Cc1nc([N+](=O)[O-])cn1CC(=O)NC(c1cccs1)C(C)C. The molecule has 0 saturated heterocycles. The fourth-order valence-corrected chi connectivity index (χ4v) is 3.10. The van der Waals surface area contributed by atoms with Crippen LogP contribution in [0, 0.1) is 23.0 Å². The first-order valence-electron chi connectivity index (χ1n) is 6.89. The van der Waals surface area contributed by atoms with Crippen molar-refractivity contribution in [2.75, 3.05) is 0 Å². The number of aryl methyl sites for hydroxylation is 1. The van der Waals surface area contributed by atoms with Gasteiger partial charge in [-0.15, -0.1) is 11.3 Å². The Labute approximate surface area is 132 Å².